The number of nitrogens with zero attached hydrogens (tertiary/aromatic N) is 1. The number of halogens is 1. The van der Waals surface area contributed by atoms with Gasteiger partial charge in [-0.25, -0.2) is 13.1 Å². The number of hydrogen-bond acceptors (Lipinski definition) is 5. The molecule has 2 aromatic rings. The van der Waals surface area contributed by atoms with E-state index in [9.17, 15) is 8.42 Å². The number of nitrogens with two attached hydrogens (primary N) is 1. The minimum Gasteiger partial charge on any atom is -0.398 e. The van der Waals surface area contributed by atoms with Crippen molar-refractivity contribution in [1.82, 2.24) is 5.16 Å². The second-order valence-electron chi connectivity index (χ2n) is 4.45. The molecule has 0 saturated heterocycles. The molecule has 0 aliphatic heterocycles. The van der Waals surface area contributed by atoms with Gasteiger partial charge in [0.15, 0.2) is 0 Å². The van der Waals surface area contributed by atoms with E-state index in [2.05, 4.69) is 25.8 Å². The molecular weight excluding hydrogens is 346 g/mol. The van der Waals surface area contributed by atoms with Crippen LogP contribution in [0.3, 0.4) is 0 Å². The van der Waals surface area contributed by atoms with E-state index in [0.29, 0.717) is 27.0 Å². The predicted octanol–water partition coefficient (Wildman–Crippen LogP) is 2.75. The Morgan fingerprint density at radius 3 is 2.45 bits per heavy atom. The quantitative estimate of drug-likeness (QED) is 0.820. The van der Waals surface area contributed by atoms with Crippen LogP contribution in [0.2, 0.25) is 0 Å². The van der Waals surface area contributed by atoms with Crippen molar-refractivity contribution in [1.29, 1.82) is 0 Å². The van der Waals surface area contributed by atoms with Crippen molar-refractivity contribution in [3.8, 4) is 0 Å². The lowest BCUT2D eigenvalue weighted by Crippen LogP contribution is -2.15. The van der Waals surface area contributed by atoms with Crippen LogP contribution in [0.5, 0.6) is 0 Å². The van der Waals surface area contributed by atoms with E-state index >= 15 is 0 Å². The lowest BCUT2D eigenvalue weighted by Gasteiger charge is -2.11. The van der Waals surface area contributed by atoms with Crippen LogP contribution in [0.1, 0.15) is 16.8 Å². The standard InChI is InChI=1S/C12H14BrN3O3S/c1-6-8(3)15-19-12(6)16-20(17,18)11-5-9(13)4-10(14)7(11)2/h4-5,16H,14H2,1-3H3. The molecule has 0 saturated carbocycles. The zero-order valence-corrected chi connectivity index (χ0v) is 13.6. The van der Waals surface area contributed by atoms with Gasteiger partial charge in [0.2, 0.25) is 5.88 Å². The van der Waals surface area contributed by atoms with Gasteiger partial charge in [-0.2, -0.15) is 0 Å². The molecule has 8 heteroatoms. The summed E-state index contributed by atoms with van der Waals surface area (Å²) in [6, 6.07) is 3.14. The van der Waals surface area contributed by atoms with Gasteiger partial charge >= 0.3 is 0 Å². The number of aryl methyl sites for hydroxylation is 1. The maximum atomic E-state index is 12.4. The number of sulfonamides is 1. The highest BCUT2D eigenvalue weighted by Gasteiger charge is 2.22. The highest BCUT2D eigenvalue weighted by molar-refractivity contribution is 9.10. The zero-order valence-electron chi connectivity index (χ0n) is 11.2. The minimum atomic E-state index is -3.79. The third-order valence-corrected chi connectivity index (χ3v) is 4.95. The molecule has 0 aliphatic rings. The van der Waals surface area contributed by atoms with Crippen molar-refractivity contribution in [2.24, 2.45) is 0 Å². The fraction of sp³-hybridized carbons (Fsp3) is 0.250. The fourth-order valence-electron chi connectivity index (χ4n) is 1.64. The molecule has 0 spiro atoms. The van der Waals surface area contributed by atoms with Crippen molar-refractivity contribution in [3.05, 3.63) is 33.4 Å². The number of hydrogen-bond donors (Lipinski definition) is 2. The smallest absolute Gasteiger partial charge is 0.264 e. The summed E-state index contributed by atoms with van der Waals surface area (Å²) in [6.07, 6.45) is 0. The van der Waals surface area contributed by atoms with E-state index < -0.39 is 10.0 Å². The molecule has 20 heavy (non-hydrogen) atoms. The molecule has 0 atom stereocenters. The third kappa shape index (κ3) is 2.66. The van der Waals surface area contributed by atoms with Gasteiger partial charge in [0.1, 0.15) is 0 Å². The maximum Gasteiger partial charge on any atom is 0.264 e. The van der Waals surface area contributed by atoms with E-state index in [4.69, 9.17) is 10.3 Å². The first-order valence-corrected chi connectivity index (χ1v) is 8.01. The number of benzene rings is 1. The number of rotatable bonds is 3. The summed E-state index contributed by atoms with van der Waals surface area (Å²) in [6.45, 7) is 5.11. The number of aromatic nitrogens is 1. The second kappa shape index (κ2) is 5.10. The average Bonchev–Trinajstić information content (AvgIpc) is 2.65. The summed E-state index contributed by atoms with van der Waals surface area (Å²) < 4.78 is 32.8. The molecule has 0 fully saturated rings. The molecule has 0 unspecified atom stereocenters. The highest BCUT2D eigenvalue weighted by atomic mass is 79.9. The minimum absolute atomic E-state index is 0.0952. The molecule has 1 aromatic carbocycles. The first kappa shape index (κ1) is 14.9. The summed E-state index contributed by atoms with van der Waals surface area (Å²) >= 11 is 3.24. The normalized spacial score (nSPS) is 11.6. The summed E-state index contributed by atoms with van der Waals surface area (Å²) in [5.41, 5.74) is 7.94. The summed E-state index contributed by atoms with van der Waals surface area (Å²) in [5, 5.41) is 3.72. The van der Waals surface area contributed by atoms with Crippen molar-refractivity contribution in [2.45, 2.75) is 25.7 Å². The van der Waals surface area contributed by atoms with Gasteiger partial charge in [-0.3, -0.25) is 0 Å². The Bertz CT molecular complexity index is 768. The van der Waals surface area contributed by atoms with Crippen LogP contribution in [-0.2, 0) is 10.0 Å². The average molecular weight is 360 g/mol. The molecule has 6 nitrogen and oxygen atoms in total. The second-order valence-corrected chi connectivity index (χ2v) is 7.01. The first-order valence-electron chi connectivity index (χ1n) is 5.73. The molecule has 2 rings (SSSR count). The molecule has 0 amide bonds. The van der Waals surface area contributed by atoms with Gasteiger partial charge in [0.05, 0.1) is 10.6 Å². The van der Waals surface area contributed by atoms with Crippen molar-refractivity contribution < 1.29 is 12.9 Å². The summed E-state index contributed by atoms with van der Waals surface area (Å²) in [7, 11) is -3.79. The fourth-order valence-corrected chi connectivity index (χ4v) is 3.62. The van der Waals surface area contributed by atoms with Crippen LogP contribution in [0.25, 0.3) is 0 Å². The van der Waals surface area contributed by atoms with Crippen LogP contribution in [0, 0.1) is 20.8 Å². The Morgan fingerprint density at radius 1 is 1.25 bits per heavy atom. The van der Waals surface area contributed by atoms with Crippen LogP contribution < -0.4 is 10.5 Å². The molecule has 0 radical (unpaired) electrons. The summed E-state index contributed by atoms with van der Waals surface area (Å²) in [5.74, 6) is 0.112. The topological polar surface area (TPSA) is 98.2 Å². The Kier molecular flexibility index (Phi) is 3.79. The van der Waals surface area contributed by atoms with E-state index in [-0.39, 0.29) is 10.8 Å². The van der Waals surface area contributed by atoms with Gasteiger partial charge in [-0.1, -0.05) is 21.1 Å². The van der Waals surface area contributed by atoms with Crippen LogP contribution in [0.15, 0.2) is 26.0 Å². The van der Waals surface area contributed by atoms with E-state index in [1.165, 1.54) is 6.07 Å². The monoisotopic (exact) mass is 359 g/mol. The molecule has 1 aromatic heterocycles. The van der Waals surface area contributed by atoms with Crippen molar-refractivity contribution in [2.75, 3.05) is 10.5 Å². The third-order valence-electron chi connectivity index (χ3n) is 3.04. The maximum absolute atomic E-state index is 12.4. The van der Waals surface area contributed by atoms with Gasteiger partial charge in [-0.15, -0.1) is 0 Å². The Morgan fingerprint density at radius 2 is 1.90 bits per heavy atom. The zero-order chi connectivity index (χ0) is 15.1. The first-order chi connectivity index (χ1) is 9.22. The van der Waals surface area contributed by atoms with Crippen LogP contribution in [0.4, 0.5) is 11.6 Å². The van der Waals surface area contributed by atoms with E-state index in [0.717, 1.165) is 0 Å². The van der Waals surface area contributed by atoms with Crippen LogP contribution in [-0.4, -0.2) is 13.6 Å². The van der Waals surface area contributed by atoms with Gasteiger partial charge < -0.3 is 10.3 Å². The lowest BCUT2D eigenvalue weighted by molar-refractivity contribution is 0.430. The Balaban J connectivity index is 2.49. The van der Waals surface area contributed by atoms with E-state index in [1.807, 2.05) is 0 Å². The Labute approximate surface area is 125 Å². The Hall–Kier alpha value is -1.54. The molecule has 108 valence electrons. The number of nitrogen functional groups attached to an aromatic ring is 1. The van der Waals surface area contributed by atoms with Gasteiger partial charge in [-0.05, 0) is 38.5 Å². The van der Waals surface area contributed by atoms with Gasteiger partial charge in [0.25, 0.3) is 10.0 Å². The van der Waals surface area contributed by atoms with E-state index in [1.54, 1.807) is 26.8 Å². The molecule has 1 heterocycles. The predicted molar refractivity (Wildman–Crippen MR) is 80.1 cm³/mol. The highest BCUT2D eigenvalue weighted by Crippen LogP contribution is 2.28. The van der Waals surface area contributed by atoms with Crippen molar-refractivity contribution in [3.63, 3.8) is 0 Å². The van der Waals surface area contributed by atoms with Crippen LogP contribution >= 0.6 is 15.9 Å². The molecular formula is C12H14BrN3O3S. The number of anilines is 2. The SMILES string of the molecule is Cc1noc(NS(=O)(=O)c2cc(Br)cc(N)c2C)c1C. The van der Waals surface area contributed by atoms with Gasteiger partial charge in [0, 0.05) is 15.7 Å². The molecule has 0 aliphatic carbocycles. The van der Waals surface area contributed by atoms with Crippen molar-refractivity contribution >= 4 is 37.5 Å². The molecule has 3 N–H and O–H groups in total. The number of nitrogens with one attached hydrogen (secondary N) is 1. The molecule has 0 bridgehead atoms. The summed E-state index contributed by atoms with van der Waals surface area (Å²) in [4.78, 5) is 0.0952. The lowest BCUT2D eigenvalue weighted by atomic mass is 10.2. The largest absolute Gasteiger partial charge is 0.398 e.